The number of benzene rings is 2. The summed E-state index contributed by atoms with van der Waals surface area (Å²) in [5.74, 6) is 0.155. The van der Waals surface area contributed by atoms with E-state index in [1.54, 1.807) is 13.8 Å². The molecule has 55 heavy (non-hydrogen) atoms. The van der Waals surface area contributed by atoms with Crippen molar-refractivity contribution >= 4 is 34.8 Å². The Kier molecular flexibility index (Phi) is 22.4. The minimum absolute atomic E-state index is 0.0356. The zero-order valence-electron chi connectivity index (χ0n) is 36.8. The highest BCUT2D eigenvalue weighted by molar-refractivity contribution is 7.48. The summed E-state index contributed by atoms with van der Waals surface area (Å²) < 4.78 is 51.6. The lowest BCUT2D eigenvalue weighted by atomic mass is 10.0. The van der Waals surface area contributed by atoms with Gasteiger partial charge in [0.05, 0.1) is 19.8 Å². The molecular weight excluding hydrogens is 740 g/mol. The molecule has 2 aromatic carbocycles. The van der Waals surface area contributed by atoms with E-state index in [0.717, 1.165) is 19.3 Å². The van der Waals surface area contributed by atoms with Crippen LogP contribution in [-0.2, 0) is 31.7 Å². The monoisotopic (exact) mass is 819 g/mol. The van der Waals surface area contributed by atoms with E-state index in [1.165, 1.54) is 74.6 Å². The van der Waals surface area contributed by atoms with Crippen molar-refractivity contribution in [1.82, 2.24) is 0 Å². The second-order valence-corrected chi connectivity index (χ2v) is 28.0. The maximum absolute atomic E-state index is 13.6. The molecule has 0 saturated carbocycles. The van der Waals surface area contributed by atoms with Crippen molar-refractivity contribution in [3.8, 4) is 0 Å². The third-order valence-corrected chi connectivity index (χ3v) is 21.8. The number of hydrogen-bond donors (Lipinski definition) is 0. The molecule has 0 aliphatic carbocycles. The Morgan fingerprint density at radius 2 is 1.11 bits per heavy atom. The maximum Gasteiger partial charge on any atom is 0.532 e. The van der Waals surface area contributed by atoms with Gasteiger partial charge in [-0.15, -0.1) is 0 Å². The fourth-order valence-electron chi connectivity index (χ4n) is 6.71. The van der Waals surface area contributed by atoms with Crippen LogP contribution in [0, 0.1) is 0 Å². The first-order chi connectivity index (χ1) is 26.0. The molecule has 0 saturated heterocycles. The smallest absolute Gasteiger partial charge is 0.463 e. The van der Waals surface area contributed by atoms with Gasteiger partial charge in [-0.25, -0.2) is 4.57 Å². The lowest BCUT2D eigenvalue weighted by molar-refractivity contribution is 0.00165. The van der Waals surface area contributed by atoms with Crippen molar-refractivity contribution in [3.63, 3.8) is 0 Å². The molecule has 0 fully saturated rings. The topological polar surface area (TPSA) is 72.5 Å². The number of rotatable bonds is 29. The van der Waals surface area contributed by atoms with Crippen LogP contribution >= 0.6 is 7.82 Å². The number of ether oxygens (including phenoxy) is 1. The van der Waals surface area contributed by atoms with Crippen molar-refractivity contribution in [2.75, 3.05) is 26.4 Å². The first-order valence-corrected chi connectivity index (χ1v) is 27.7. The minimum atomic E-state index is -3.88. The molecule has 0 bridgehead atoms. The van der Waals surface area contributed by atoms with Gasteiger partial charge in [-0.05, 0) is 66.3 Å². The Balaban J connectivity index is 2.30. The highest BCUT2D eigenvalue weighted by atomic mass is 31.2. The van der Waals surface area contributed by atoms with E-state index in [4.69, 9.17) is 27.2 Å². The largest absolute Gasteiger partial charge is 0.532 e. The molecule has 1 unspecified atom stereocenters. The van der Waals surface area contributed by atoms with Crippen molar-refractivity contribution < 1.29 is 31.7 Å². The third kappa shape index (κ3) is 17.0. The van der Waals surface area contributed by atoms with Crippen molar-refractivity contribution in [2.24, 2.45) is 0 Å². The van der Waals surface area contributed by atoms with Gasteiger partial charge < -0.3 is 18.1 Å². The summed E-state index contributed by atoms with van der Waals surface area (Å²) in [5.41, 5.74) is 0. The fraction of sp³-hybridized carbons (Fsp3) is 0.689. The summed E-state index contributed by atoms with van der Waals surface area (Å²) in [5, 5.41) is 2.19. The Morgan fingerprint density at radius 1 is 0.655 bits per heavy atom. The lowest BCUT2D eigenvalue weighted by Gasteiger charge is -2.45. The average Bonchev–Trinajstić information content (AvgIpc) is 3.12. The molecule has 1 atom stereocenters. The Labute approximate surface area is 339 Å². The molecule has 0 aliphatic heterocycles. The average molecular weight is 819 g/mol. The fourth-order valence-corrected chi connectivity index (χ4v) is 13.8. The van der Waals surface area contributed by atoms with E-state index in [-0.39, 0.29) is 35.8 Å². The van der Waals surface area contributed by atoms with Gasteiger partial charge in [-0.3, -0.25) is 9.05 Å². The van der Waals surface area contributed by atoms with E-state index in [2.05, 4.69) is 122 Å². The van der Waals surface area contributed by atoms with Crippen molar-refractivity contribution in [3.05, 3.63) is 72.7 Å². The van der Waals surface area contributed by atoms with E-state index in [0.29, 0.717) is 6.61 Å². The second kappa shape index (κ2) is 24.9. The molecule has 0 aliphatic rings. The molecule has 0 heterocycles. The third-order valence-electron chi connectivity index (χ3n) is 10.7. The van der Waals surface area contributed by atoms with Gasteiger partial charge >= 0.3 is 7.82 Å². The number of phosphoric acid groups is 1. The summed E-state index contributed by atoms with van der Waals surface area (Å²) in [6, 6.07) is 21.3. The Bertz CT molecular complexity index is 1320. The van der Waals surface area contributed by atoms with Gasteiger partial charge in [0.25, 0.3) is 14.3 Å². The summed E-state index contributed by atoms with van der Waals surface area (Å²) >= 11 is 0. The predicted octanol–water partition coefficient (Wildman–Crippen LogP) is 13.1. The van der Waals surface area contributed by atoms with Crippen LogP contribution < -0.4 is 10.4 Å². The number of hydrogen-bond acceptors (Lipinski definition) is 7. The molecule has 10 heteroatoms. The van der Waals surface area contributed by atoms with Gasteiger partial charge in [0, 0.05) is 0 Å². The summed E-state index contributed by atoms with van der Waals surface area (Å²) in [6.07, 6.45) is 17.6. The van der Waals surface area contributed by atoms with E-state index < -0.39 is 30.6 Å². The second-order valence-electron chi connectivity index (χ2n) is 17.4. The maximum atomic E-state index is 13.6. The summed E-state index contributed by atoms with van der Waals surface area (Å²) in [4.78, 5) is 0. The van der Waals surface area contributed by atoms with Gasteiger partial charge in [0.15, 0.2) is 8.32 Å². The Hall–Kier alpha value is -1.72. The van der Waals surface area contributed by atoms with Crippen LogP contribution in [0.5, 0.6) is 0 Å². The van der Waals surface area contributed by atoms with Crippen LogP contribution in [0.3, 0.4) is 0 Å². The summed E-state index contributed by atoms with van der Waals surface area (Å²) in [7, 11) is -9.02. The predicted molar refractivity (Wildman–Crippen MR) is 237 cm³/mol. The normalized spacial score (nSPS) is 13.9. The van der Waals surface area contributed by atoms with E-state index in [9.17, 15) is 4.57 Å². The first-order valence-electron chi connectivity index (χ1n) is 21.4. The van der Waals surface area contributed by atoms with Gasteiger partial charge in [-0.1, -0.05) is 180 Å². The Morgan fingerprint density at radius 3 is 1.53 bits per heavy atom. The quantitative estimate of drug-likeness (QED) is 0.0350. The molecule has 314 valence electrons. The van der Waals surface area contributed by atoms with Gasteiger partial charge in [-0.2, -0.15) is 0 Å². The highest BCUT2D eigenvalue weighted by Crippen LogP contribution is 2.51. The zero-order valence-corrected chi connectivity index (χ0v) is 39.6. The molecule has 0 amide bonds. The summed E-state index contributed by atoms with van der Waals surface area (Å²) in [6.45, 7) is 24.7. The molecule has 0 radical (unpaired) electrons. The molecule has 7 nitrogen and oxygen atoms in total. The first kappa shape index (κ1) is 49.4. The highest BCUT2D eigenvalue weighted by Gasteiger charge is 2.51. The van der Waals surface area contributed by atoms with Crippen molar-refractivity contribution in [2.45, 2.75) is 175 Å². The SMILES string of the molecule is CCCCCCCCCCCCCC/C=C(\OCC(CO[Si](c1ccccc1)(c1ccccc1)C(C)(C)C)O[Si](C)(C)C(C)(C)C)OP(=O)(OCC)OCC. The van der Waals surface area contributed by atoms with Crippen LogP contribution in [-0.4, -0.2) is 49.2 Å². The van der Waals surface area contributed by atoms with Crippen LogP contribution in [0.15, 0.2) is 72.7 Å². The number of unbranched alkanes of at least 4 members (excludes halogenated alkanes) is 12. The number of phosphoric ester groups is 1. The van der Waals surface area contributed by atoms with E-state index in [1.807, 2.05) is 6.08 Å². The van der Waals surface area contributed by atoms with Crippen LogP contribution in [0.4, 0.5) is 0 Å². The van der Waals surface area contributed by atoms with Gasteiger partial charge in [0.1, 0.15) is 12.7 Å². The molecule has 0 N–H and O–H groups in total. The zero-order chi connectivity index (χ0) is 40.9. The molecule has 0 spiro atoms. The molecule has 2 aromatic rings. The standard InChI is InChI=1S/C45H79O7PSi2/c1-12-15-16-17-18-19-20-21-22-23-24-25-32-37-43(51-53(46,48-13-2)49-14-3)47-38-40(52-54(10,11)44(4,5)6)39-50-55(45(7,8)9,41-33-28-26-29-34-41)42-35-30-27-31-36-42/h26-31,33-37,40H,12-25,32,38-39H2,1-11H3/b43-37+. The van der Waals surface area contributed by atoms with Crippen LogP contribution in [0.2, 0.25) is 23.2 Å². The number of allylic oxidation sites excluding steroid dienone is 1. The lowest BCUT2D eigenvalue weighted by Crippen LogP contribution is -2.67. The molecule has 2 rings (SSSR count). The van der Waals surface area contributed by atoms with E-state index >= 15 is 0 Å². The molecular formula is C45H79O7PSi2. The van der Waals surface area contributed by atoms with Crippen LogP contribution in [0.1, 0.15) is 146 Å². The van der Waals surface area contributed by atoms with Crippen LogP contribution in [0.25, 0.3) is 0 Å². The van der Waals surface area contributed by atoms with Gasteiger partial charge in [0.2, 0.25) is 0 Å². The van der Waals surface area contributed by atoms with Crippen molar-refractivity contribution in [1.29, 1.82) is 0 Å². The minimum Gasteiger partial charge on any atom is -0.463 e. The molecule has 0 aromatic heterocycles.